The van der Waals surface area contributed by atoms with Crippen molar-refractivity contribution < 1.29 is 9.90 Å². The van der Waals surface area contributed by atoms with Crippen LogP contribution in [0, 0.1) is 5.92 Å². The van der Waals surface area contributed by atoms with Gasteiger partial charge in [-0.25, -0.2) is 0 Å². The molecule has 0 saturated carbocycles. The van der Waals surface area contributed by atoms with Crippen LogP contribution in [0.2, 0.25) is 0 Å². The average Bonchev–Trinajstić information content (AvgIpc) is 2.92. The van der Waals surface area contributed by atoms with E-state index < -0.39 is 11.5 Å². The lowest BCUT2D eigenvalue weighted by Gasteiger charge is -2.32. The third-order valence-corrected chi connectivity index (χ3v) is 3.99. The van der Waals surface area contributed by atoms with Crippen molar-refractivity contribution in [1.82, 2.24) is 4.90 Å². The second-order valence-corrected chi connectivity index (χ2v) is 5.27. The minimum absolute atomic E-state index is 0.0568. The molecular formula is C15H21NO2. The third-order valence-electron chi connectivity index (χ3n) is 3.99. The minimum Gasteiger partial charge on any atom is -0.385 e. The van der Waals surface area contributed by atoms with Crippen LogP contribution >= 0.6 is 0 Å². The second-order valence-electron chi connectivity index (χ2n) is 5.27. The summed E-state index contributed by atoms with van der Waals surface area (Å²) in [6.45, 7) is 5.19. The number of carbonyl (C=O) groups excluding carboxylic acids is 1. The zero-order valence-corrected chi connectivity index (χ0v) is 11.1. The summed E-state index contributed by atoms with van der Waals surface area (Å²) in [7, 11) is 0. The number of benzene rings is 1. The molecule has 18 heavy (non-hydrogen) atoms. The molecule has 2 atom stereocenters. The van der Waals surface area contributed by atoms with Crippen LogP contribution in [0.15, 0.2) is 30.3 Å². The molecule has 0 radical (unpaired) electrons. The van der Waals surface area contributed by atoms with Crippen LogP contribution in [-0.2, 0) is 10.4 Å². The van der Waals surface area contributed by atoms with Crippen LogP contribution in [0.25, 0.3) is 0 Å². The first kappa shape index (κ1) is 13.1. The van der Waals surface area contributed by atoms with Gasteiger partial charge in [0, 0.05) is 13.1 Å². The van der Waals surface area contributed by atoms with E-state index in [9.17, 15) is 9.90 Å². The van der Waals surface area contributed by atoms with Gasteiger partial charge in [0.1, 0.15) is 0 Å². The SMILES string of the molecule is C[C@@H](C(=O)N1CCCC1)[C@](C)(O)c1ccccc1. The maximum Gasteiger partial charge on any atom is 0.228 e. The molecule has 3 heteroatoms. The van der Waals surface area contributed by atoms with Gasteiger partial charge in [-0.3, -0.25) is 4.79 Å². The fourth-order valence-corrected chi connectivity index (χ4v) is 2.48. The predicted molar refractivity (Wildman–Crippen MR) is 71.0 cm³/mol. The Morgan fingerprint density at radius 2 is 1.83 bits per heavy atom. The number of rotatable bonds is 3. The van der Waals surface area contributed by atoms with Crippen molar-refractivity contribution in [3.05, 3.63) is 35.9 Å². The van der Waals surface area contributed by atoms with E-state index in [2.05, 4.69) is 0 Å². The van der Waals surface area contributed by atoms with Gasteiger partial charge in [0.2, 0.25) is 5.91 Å². The summed E-state index contributed by atoms with van der Waals surface area (Å²) in [5, 5.41) is 10.6. The van der Waals surface area contributed by atoms with E-state index in [1.54, 1.807) is 6.92 Å². The number of hydrogen-bond acceptors (Lipinski definition) is 2. The third kappa shape index (κ3) is 2.41. The van der Waals surface area contributed by atoms with Gasteiger partial charge < -0.3 is 10.0 Å². The molecule has 1 aromatic rings. The highest BCUT2D eigenvalue weighted by Gasteiger charge is 2.37. The van der Waals surface area contributed by atoms with Crippen molar-refractivity contribution in [2.24, 2.45) is 5.92 Å². The first-order valence-corrected chi connectivity index (χ1v) is 6.60. The van der Waals surface area contributed by atoms with Gasteiger partial charge in [0.25, 0.3) is 0 Å². The summed E-state index contributed by atoms with van der Waals surface area (Å²) in [6.07, 6.45) is 2.15. The highest BCUT2D eigenvalue weighted by molar-refractivity contribution is 5.80. The Morgan fingerprint density at radius 3 is 2.39 bits per heavy atom. The molecular weight excluding hydrogens is 226 g/mol. The fraction of sp³-hybridized carbons (Fsp3) is 0.533. The summed E-state index contributed by atoms with van der Waals surface area (Å²) in [5.74, 6) is -0.362. The zero-order valence-electron chi connectivity index (χ0n) is 11.1. The van der Waals surface area contributed by atoms with Gasteiger partial charge in [-0.15, -0.1) is 0 Å². The molecule has 1 aromatic carbocycles. The quantitative estimate of drug-likeness (QED) is 0.889. The Balaban J connectivity index is 2.16. The lowest BCUT2D eigenvalue weighted by atomic mass is 9.83. The van der Waals surface area contributed by atoms with Crippen LogP contribution in [0.3, 0.4) is 0 Å². The smallest absolute Gasteiger partial charge is 0.228 e. The molecule has 0 spiro atoms. The molecule has 0 unspecified atom stereocenters. The van der Waals surface area contributed by atoms with Crippen LogP contribution in [0.5, 0.6) is 0 Å². The van der Waals surface area contributed by atoms with E-state index in [4.69, 9.17) is 0 Å². The van der Waals surface area contributed by atoms with Crippen LogP contribution < -0.4 is 0 Å². The summed E-state index contributed by atoms with van der Waals surface area (Å²) in [5.41, 5.74) is -0.314. The van der Waals surface area contributed by atoms with Crippen molar-refractivity contribution in [2.45, 2.75) is 32.3 Å². The highest BCUT2D eigenvalue weighted by Crippen LogP contribution is 2.31. The number of carbonyl (C=O) groups is 1. The lowest BCUT2D eigenvalue weighted by Crippen LogP contribution is -2.42. The molecule has 1 amide bonds. The van der Waals surface area contributed by atoms with Crippen molar-refractivity contribution in [2.75, 3.05) is 13.1 Å². The Morgan fingerprint density at radius 1 is 1.28 bits per heavy atom. The van der Waals surface area contributed by atoms with Crippen molar-refractivity contribution >= 4 is 5.91 Å². The highest BCUT2D eigenvalue weighted by atomic mass is 16.3. The monoisotopic (exact) mass is 247 g/mol. The number of aliphatic hydroxyl groups is 1. The van der Waals surface area contributed by atoms with E-state index >= 15 is 0 Å². The van der Waals surface area contributed by atoms with Crippen LogP contribution in [0.1, 0.15) is 32.3 Å². The van der Waals surface area contributed by atoms with Gasteiger partial charge in [-0.1, -0.05) is 37.3 Å². The molecule has 0 aliphatic carbocycles. The molecule has 98 valence electrons. The molecule has 1 aliphatic heterocycles. The van der Waals surface area contributed by atoms with Gasteiger partial charge in [0.05, 0.1) is 11.5 Å². The largest absolute Gasteiger partial charge is 0.385 e. The lowest BCUT2D eigenvalue weighted by molar-refractivity contribution is -0.142. The number of hydrogen-bond donors (Lipinski definition) is 1. The topological polar surface area (TPSA) is 40.5 Å². The Labute approximate surface area is 108 Å². The molecule has 3 nitrogen and oxygen atoms in total. The molecule has 0 aromatic heterocycles. The maximum absolute atomic E-state index is 12.3. The van der Waals surface area contributed by atoms with Crippen LogP contribution in [0.4, 0.5) is 0 Å². The Hall–Kier alpha value is -1.35. The molecule has 1 N–H and O–H groups in total. The van der Waals surface area contributed by atoms with Crippen molar-refractivity contribution in [3.8, 4) is 0 Å². The first-order chi connectivity index (χ1) is 8.53. The van der Waals surface area contributed by atoms with E-state index in [-0.39, 0.29) is 5.91 Å². The maximum atomic E-state index is 12.3. The average molecular weight is 247 g/mol. The number of amides is 1. The van der Waals surface area contributed by atoms with E-state index in [0.717, 1.165) is 31.5 Å². The Bertz CT molecular complexity index is 408. The first-order valence-electron chi connectivity index (χ1n) is 6.60. The van der Waals surface area contributed by atoms with Crippen molar-refractivity contribution in [3.63, 3.8) is 0 Å². The van der Waals surface area contributed by atoms with E-state index in [1.165, 1.54) is 0 Å². The summed E-state index contributed by atoms with van der Waals surface area (Å²) < 4.78 is 0. The predicted octanol–water partition coefficient (Wildman–Crippen LogP) is 2.15. The minimum atomic E-state index is -1.11. The van der Waals surface area contributed by atoms with Gasteiger partial charge in [0.15, 0.2) is 0 Å². The summed E-state index contributed by atoms with van der Waals surface area (Å²) >= 11 is 0. The second kappa shape index (κ2) is 5.11. The Kier molecular flexibility index (Phi) is 3.71. The standard InChI is InChI=1S/C15H21NO2/c1-12(14(17)16-10-6-7-11-16)15(2,18)13-8-4-3-5-9-13/h3-5,8-9,12,18H,6-7,10-11H2,1-2H3/t12-,15-/m0/s1. The van der Waals surface area contributed by atoms with Crippen molar-refractivity contribution in [1.29, 1.82) is 0 Å². The molecule has 1 heterocycles. The van der Waals surface area contributed by atoms with E-state index in [0.29, 0.717) is 0 Å². The number of nitrogens with zero attached hydrogens (tertiary/aromatic N) is 1. The summed E-state index contributed by atoms with van der Waals surface area (Å²) in [4.78, 5) is 14.2. The summed E-state index contributed by atoms with van der Waals surface area (Å²) in [6, 6.07) is 9.42. The van der Waals surface area contributed by atoms with Gasteiger partial charge in [-0.05, 0) is 25.3 Å². The fourth-order valence-electron chi connectivity index (χ4n) is 2.48. The van der Waals surface area contributed by atoms with Crippen LogP contribution in [-0.4, -0.2) is 29.0 Å². The molecule has 2 rings (SSSR count). The molecule has 0 bridgehead atoms. The van der Waals surface area contributed by atoms with Gasteiger partial charge >= 0.3 is 0 Å². The van der Waals surface area contributed by atoms with Gasteiger partial charge in [-0.2, -0.15) is 0 Å². The molecule has 1 aliphatic rings. The van der Waals surface area contributed by atoms with E-state index in [1.807, 2.05) is 42.2 Å². The normalized spacial score (nSPS) is 20.5. The number of likely N-dealkylation sites (tertiary alicyclic amines) is 1. The molecule has 1 saturated heterocycles. The molecule has 1 fully saturated rings. The zero-order chi connectivity index (χ0) is 13.2.